The number of rotatable bonds is 7. The molecular formula is C13H20N2O4. The van der Waals surface area contributed by atoms with Gasteiger partial charge in [-0.05, 0) is 12.8 Å². The van der Waals surface area contributed by atoms with Gasteiger partial charge in [0, 0.05) is 19.2 Å². The van der Waals surface area contributed by atoms with Gasteiger partial charge in [0.05, 0.1) is 0 Å². The number of nitrogens with zero attached hydrogens (tertiary/aromatic N) is 2. The first-order chi connectivity index (χ1) is 9.03. The molecule has 1 aromatic heterocycles. The van der Waals surface area contributed by atoms with E-state index in [0.717, 1.165) is 12.8 Å². The fraction of sp³-hybridized carbons (Fsp3) is 0.615. The lowest BCUT2D eigenvalue weighted by atomic mass is 10.0. The summed E-state index contributed by atoms with van der Waals surface area (Å²) in [6.45, 7) is 7.27. The number of amides is 1. The first-order valence-electron chi connectivity index (χ1n) is 6.52. The van der Waals surface area contributed by atoms with Gasteiger partial charge in [-0.25, -0.2) is 4.79 Å². The van der Waals surface area contributed by atoms with Crippen LogP contribution in [0.4, 0.5) is 0 Å². The fourth-order valence-corrected chi connectivity index (χ4v) is 1.85. The molecular weight excluding hydrogens is 248 g/mol. The van der Waals surface area contributed by atoms with Crippen molar-refractivity contribution in [1.82, 2.24) is 10.1 Å². The molecule has 1 aromatic rings. The molecule has 0 atom stereocenters. The van der Waals surface area contributed by atoms with E-state index >= 15 is 0 Å². The van der Waals surface area contributed by atoms with Crippen LogP contribution in [-0.4, -0.2) is 40.1 Å². The number of carbonyl (C=O) groups excluding carboxylic acids is 1. The van der Waals surface area contributed by atoms with Crippen molar-refractivity contribution in [2.75, 3.05) is 13.1 Å². The van der Waals surface area contributed by atoms with E-state index in [4.69, 9.17) is 5.11 Å². The van der Waals surface area contributed by atoms with E-state index in [-0.39, 0.29) is 17.4 Å². The summed E-state index contributed by atoms with van der Waals surface area (Å²) in [5.41, 5.74) is 0.0465. The van der Waals surface area contributed by atoms with Crippen LogP contribution < -0.4 is 0 Å². The van der Waals surface area contributed by atoms with Gasteiger partial charge in [-0.3, -0.25) is 4.79 Å². The predicted molar refractivity (Wildman–Crippen MR) is 69.1 cm³/mol. The number of aromatic nitrogens is 1. The van der Waals surface area contributed by atoms with Crippen LogP contribution in [0.5, 0.6) is 0 Å². The van der Waals surface area contributed by atoms with E-state index in [1.807, 2.05) is 6.92 Å². The second kappa shape index (κ2) is 6.92. The number of hydrogen-bond acceptors (Lipinski definition) is 4. The molecule has 19 heavy (non-hydrogen) atoms. The predicted octanol–water partition coefficient (Wildman–Crippen LogP) is 2.27. The Morgan fingerprint density at radius 1 is 1.37 bits per heavy atom. The number of carboxylic acid groups (broad SMARTS) is 1. The van der Waals surface area contributed by atoms with Gasteiger partial charge < -0.3 is 14.5 Å². The van der Waals surface area contributed by atoms with Crippen molar-refractivity contribution < 1.29 is 19.2 Å². The Morgan fingerprint density at radius 2 is 2.00 bits per heavy atom. The summed E-state index contributed by atoms with van der Waals surface area (Å²) in [5, 5.41) is 12.3. The Morgan fingerprint density at radius 3 is 2.42 bits per heavy atom. The van der Waals surface area contributed by atoms with E-state index in [1.54, 1.807) is 4.90 Å². The average molecular weight is 268 g/mol. The van der Waals surface area contributed by atoms with E-state index in [0.29, 0.717) is 19.0 Å². The van der Waals surface area contributed by atoms with Crippen LogP contribution in [-0.2, 0) is 0 Å². The number of carbonyl (C=O) groups is 2. The lowest BCUT2D eigenvalue weighted by molar-refractivity contribution is 0.0647. The molecule has 1 amide bonds. The molecule has 0 saturated carbocycles. The highest BCUT2D eigenvalue weighted by molar-refractivity contribution is 5.94. The van der Waals surface area contributed by atoms with E-state index < -0.39 is 5.97 Å². The molecule has 0 radical (unpaired) electrons. The van der Waals surface area contributed by atoms with Crippen molar-refractivity contribution in [3.05, 3.63) is 17.5 Å². The molecule has 0 unspecified atom stereocenters. The summed E-state index contributed by atoms with van der Waals surface area (Å²) in [5.74, 6) is -1.39. The maximum Gasteiger partial charge on any atom is 0.374 e. The fourth-order valence-electron chi connectivity index (χ4n) is 1.85. The Bertz CT molecular complexity index is 438. The van der Waals surface area contributed by atoms with E-state index in [1.165, 1.54) is 6.07 Å². The molecule has 1 heterocycles. The number of carboxylic acids is 1. The van der Waals surface area contributed by atoms with Crippen LogP contribution >= 0.6 is 0 Å². The van der Waals surface area contributed by atoms with Crippen LogP contribution in [0.15, 0.2) is 10.6 Å². The highest BCUT2D eigenvalue weighted by Gasteiger charge is 2.22. The van der Waals surface area contributed by atoms with Gasteiger partial charge in [0.15, 0.2) is 5.69 Å². The van der Waals surface area contributed by atoms with Gasteiger partial charge in [0.2, 0.25) is 5.76 Å². The maximum atomic E-state index is 12.2. The summed E-state index contributed by atoms with van der Waals surface area (Å²) < 4.78 is 4.60. The molecule has 0 aliphatic heterocycles. The maximum absolute atomic E-state index is 12.2. The van der Waals surface area contributed by atoms with Crippen LogP contribution in [0, 0.1) is 5.92 Å². The molecule has 0 aromatic carbocycles. The monoisotopic (exact) mass is 268 g/mol. The van der Waals surface area contributed by atoms with E-state index in [2.05, 4.69) is 23.5 Å². The Balaban J connectivity index is 2.79. The minimum absolute atomic E-state index is 0.0465. The van der Waals surface area contributed by atoms with Crippen molar-refractivity contribution in [3.8, 4) is 0 Å². The second-order valence-electron chi connectivity index (χ2n) is 4.41. The van der Waals surface area contributed by atoms with Crippen LogP contribution in [0.25, 0.3) is 0 Å². The third-order valence-corrected chi connectivity index (χ3v) is 3.24. The molecule has 6 nitrogen and oxygen atoms in total. The number of hydrogen-bond donors (Lipinski definition) is 1. The molecule has 1 rings (SSSR count). The van der Waals surface area contributed by atoms with Crippen molar-refractivity contribution in [3.63, 3.8) is 0 Å². The third-order valence-electron chi connectivity index (χ3n) is 3.24. The Labute approximate surface area is 112 Å². The standard InChI is InChI=1S/C13H20N2O4/c1-4-9(5-2)8-15(6-3)12(16)10-7-11(13(17)18)19-14-10/h7,9H,4-6,8H2,1-3H3,(H,17,18). The minimum Gasteiger partial charge on any atom is -0.475 e. The molecule has 6 heteroatoms. The SMILES string of the molecule is CCC(CC)CN(CC)C(=O)c1cc(C(=O)O)on1. The van der Waals surface area contributed by atoms with Gasteiger partial charge >= 0.3 is 5.97 Å². The molecule has 0 aliphatic rings. The van der Waals surface area contributed by atoms with Gasteiger partial charge in [-0.1, -0.05) is 31.8 Å². The smallest absolute Gasteiger partial charge is 0.374 e. The normalized spacial score (nSPS) is 10.7. The molecule has 0 bridgehead atoms. The zero-order valence-corrected chi connectivity index (χ0v) is 11.5. The zero-order valence-electron chi connectivity index (χ0n) is 11.5. The minimum atomic E-state index is -1.23. The summed E-state index contributed by atoms with van der Waals surface area (Å²) >= 11 is 0. The van der Waals surface area contributed by atoms with Gasteiger partial charge in [0.1, 0.15) is 0 Å². The van der Waals surface area contributed by atoms with Crippen LogP contribution in [0.3, 0.4) is 0 Å². The molecule has 0 fully saturated rings. The topological polar surface area (TPSA) is 83.6 Å². The number of aromatic carboxylic acids is 1. The Kier molecular flexibility index (Phi) is 5.54. The summed E-state index contributed by atoms with van der Waals surface area (Å²) in [6.07, 6.45) is 2.00. The molecule has 1 N–H and O–H groups in total. The van der Waals surface area contributed by atoms with Crippen LogP contribution in [0.2, 0.25) is 0 Å². The largest absolute Gasteiger partial charge is 0.475 e. The Hall–Kier alpha value is -1.85. The molecule has 0 aliphatic carbocycles. The van der Waals surface area contributed by atoms with Gasteiger partial charge in [0.25, 0.3) is 5.91 Å². The van der Waals surface area contributed by atoms with Crippen molar-refractivity contribution in [2.45, 2.75) is 33.6 Å². The van der Waals surface area contributed by atoms with E-state index in [9.17, 15) is 9.59 Å². The molecule has 0 saturated heterocycles. The van der Waals surface area contributed by atoms with Crippen LogP contribution in [0.1, 0.15) is 54.7 Å². The molecule has 0 spiro atoms. The summed E-state index contributed by atoms with van der Waals surface area (Å²) in [7, 11) is 0. The zero-order chi connectivity index (χ0) is 14.4. The molecule has 106 valence electrons. The average Bonchev–Trinajstić information content (AvgIpc) is 2.89. The lowest BCUT2D eigenvalue weighted by Crippen LogP contribution is -2.35. The first-order valence-corrected chi connectivity index (χ1v) is 6.52. The quantitative estimate of drug-likeness (QED) is 0.820. The van der Waals surface area contributed by atoms with Crippen molar-refractivity contribution in [2.24, 2.45) is 5.92 Å². The van der Waals surface area contributed by atoms with Crippen molar-refractivity contribution in [1.29, 1.82) is 0 Å². The third kappa shape index (κ3) is 3.81. The van der Waals surface area contributed by atoms with Gasteiger partial charge in [-0.15, -0.1) is 0 Å². The van der Waals surface area contributed by atoms with Crippen molar-refractivity contribution >= 4 is 11.9 Å². The first kappa shape index (κ1) is 15.2. The lowest BCUT2D eigenvalue weighted by Gasteiger charge is -2.24. The summed E-state index contributed by atoms with van der Waals surface area (Å²) in [6, 6.07) is 1.17. The van der Waals surface area contributed by atoms with Gasteiger partial charge in [-0.2, -0.15) is 0 Å². The summed E-state index contributed by atoms with van der Waals surface area (Å²) in [4.78, 5) is 24.5. The highest BCUT2D eigenvalue weighted by Crippen LogP contribution is 2.13. The second-order valence-corrected chi connectivity index (χ2v) is 4.41. The highest BCUT2D eigenvalue weighted by atomic mass is 16.5.